The number of hydrogen-bond acceptors (Lipinski definition) is 5. The highest BCUT2D eigenvalue weighted by atomic mass is 35.5. The lowest BCUT2D eigenvalue weighted by Crippen LogP contribution is -2.33. The summed E-state index contributed by atoms with van der Waals surface area (Å²) in [5, 5.41) is 0.671. The summed E-state index contributed by atoms with van der Waals surface area (Å²) < 4.78 is 0. The number of thioether (sulfide) groups is 1. The van der Waals surface area contributed by atoms with E-state index in [9.17, 15) is 4.79 Å². The molecule has 7 heteroatoms. The van der Waals surface area contributed by atoms with Gasteiger partial charge in [0.05, 0.1) is 5.75 Å². The van der Waals surface area contributed by atoms with Crippen molar-refractivity contribution in [1.82, 2.24) is 14.9 Å². The molecule has 1 aliphatic heterocycles. The van der Waals surface area contributed by atoms with Crippen molar-refractivity contribution in [2.24, 2.45) is 5.73 Å². The molecule has 1 saturated heterocycles. The van der Waals surface area contributed by atoms with Gasteiger partial charge in [0.1, 0.15) is 0 Å². The summed E-state index contributed by atoms with van der Waals surface area (Å²) in [5.74, 6) is 0.506. The minimum atomic E-state index is 0. The molecular formula is C12H19ClN4OS. The first kappa shape index (κ1) is 16.2. The quantitative estimate of drug-likeness (QED) is 0.670. The van der Waals surface area contributed by atoms with Crippen LogP contribution in [0.15, 0.2) is 11.2 Å². The minimum absolute atomic E-state index is 0. The standard InChI is InChI=1S/C12H18N4OS.ClH/c1-8-5-9(2)15-12(14-8)18-7-11(17)16-4-3-10(13)6-16;/h5,10H,3-4,6-7,13H2,1-2H3;1H/t10-;/m1./s1. The van der Waals surface area contributed by atoms with Gasteiger partial charge in [0.25, 0.3) is 0 Å². The lowest BCUT2D eigenvalue weighted by Gasteiger charge is -2.15. The molecule has 2 heterocycles. The molecule has 2 N–H and O–H groups in total. The summed E-state index contributed by atoms with van der Waals surface area (Å²) in [6.45, 7) is 5.31. The lowest BCUT2D eigenvalue weighted by atomic mass is 10.3. The van der Waals surface area contributed by atoms with Gasteiger partial charge >= 0.3 is 0 Å². The summed E-state index contributed by atoms with van der Waals surface area (Å²) in [6.07, 6.45) is 0.899. The second-order valence-electron chi connectivity index (χ2n) is 4.61. The van der Waals surface area contributed by atoms with Crippen LogP contribution >= 0.6 is 24.2 Å². The largest absolute Gasteiger partial charge is 0.340 e. The van der Waals surface area contributed by atoms with E-state index in [1.165, 1.54) is 11.8 Å². The monoisotopic (exact) mass is 302 g/mol. The molecule has 5 nitrogen and oxygen atoms in total. The first-order valence-electron chi connectivity index (χ1n) is 6.03. The van der Waals surface area contributed by atoms with E-state index in [1.54, 1.807) is 0 Å². The zero-order valence-corrected chi connectivity index (χ0v) is 12.8. The number of nitrogens with zero attached hydrogens (tertiary/aromatic N) is 3. The van der Waals surface area contributed by atoms with E-state index in [1.807, 2.05) is 24.8 Å². The maximum Gasteiger partial charge on any atom is 0.233 e. The van der Waals surface area contributed by atoms with E-state index in [0.29, 0.717) is 17.5 Å². The Morgan fingerprint density at radius 1 is 1.47 bits per heavy atom. The van der Waals surface area contributed by atoms with Crippen LogP contribution < -0.4 is 5.73 Å². The molecule has 0 aliphatic carbocycles. The highest BCUT2D eigenvalue weighted by Gasteiger charge is 2.23. The van der Waals surface area contributed by atoms with Gasteiger partial charge in [-0.25, -0.2) is 9.97 Å². The predicted octanol–water partition coefficient (Wildman–Crippen LogP) is 1.17. The third-order valence-electron chi connectivity index (χ3n) is 2.86. The average Bonchev–Trinajstić information content (AvgIpc) is 2.71. The molecule has 1 aromatic rings. The molecule has 0 bridgehead atoms. The van der Waals surface area contributed by atoms with Crippen LogP contribution in [0.3, 0.4) is 0 Å². The average molecular weight is 303 g/mol. The van der Waals surface area contributed by atoms with Gasteiger partial charge in [-0.1, -0.05) is 11.8 Å². The van der Waals surface area contributed by atoms with Crippen LogP contribution in [0.2, 0.25) is 0 Å². The Kier molecular flexibility index (Phi) is 6.03. The van der Waals surface area contributed by atoms with Gasteiger partial charge in [0.15, 0.2) is 5.16 Å². The number of likely N-dealkylation sites (tertiary alicyclic amines) is 1. The fourth-order valence-corrected chi connectivity index (χ4v) is 2.84. The van der Waals surface area contributed by atoms with Crippen LogP contribution in [0.25, 0.3) is 0 Å². The van der Waals surface area contributed by atoms with E-state index in [-0.39, 0.29) is 24.4 Å². The number of aromatic nitrogens is 2. The molecule has 0 spiro atoms. The third-order valence-corrected chi connectivity index (χ3v) is 3.70. The van der Waals surface area contributed by atoms with Crippen molar-refractivity contribution in [3.8, 4) is 0 Å². The molecule has 1 fully saturated rings. The maximum absolute atomic E-state index is 11.9. The highest BCUT2D eigenvalue weighted by Crippen LogP contribution is 2.16. The topological polar surface area (TPSA) is 72.1 Å². The maximum atomic E-state index is 11.9. The molecule has 0 saturated carbocycles. The molecular weight excluding hydrogens is 284 g/mol. The van der Waals surface area contributed by atoms with Gasteiger partial charge in [-0.2, -0.15) is 0 Å². The third kappa shape index (κ3) is 4.63. The molecule has 1 atom stereocenters. The Morgan fingerprint density at radius 3 is 2.63 bits per heavy atom. The van der Waals surface area contributed by atoms with Crippen molar-refractivity contribution in [3.63, 3.8) is 0 Å². The van der Waals surface area contributed by atoms with Crippen molar-refractivity contribution >= 4 is 30.1 Å². The Labute approximate surface area is 123 Å². The SMILES string of the molecule is Cc1cc(C)nc(SCC(=O)N2CC[C@@H](N)C2)n1.Cl. The van der Waals surface area contributed by atoms with Crippen molar-refractivity contribution in [2.75, 3.05) is 18.8 Å². The second-order valence-corrected chi connectivity index (χ2v) is 5.55. The molecule has 0 radical (unpaired) electrons. The fraction of sp³-hybridized carbons (Fsp3) is 0.583. The van der Waals surface area contributed by atoms with E-state index in [4.69, 9.17) is 5.73 Å². The van der Waals surface area contributed by atoms with Crippen molar-refractivity contribution in [2.45, 2.75) is 31.5 Å². The Morgan fingerprint density at radius 2 is 2.11 bits per heavy atom. The van der Waals surface area contributed by atoms with Gasteiger partial charge in [-0.05, 0) is 26.3 Å². The van der Waals surface area contributed by atoms with Gasteiger partial charge in [0.2, 0.25) is 5.91 Å². The Hall–Kier alpha value is -0.850. The number of rotatable bonds is 3. The van der Waals surface area contributed by atoms with Crippen LogP contribution in [0.4, 0.5) is 0 Å². The summed E-state index contributed by atoms with van der Waals surface area (Å²) in [6, 6.07) is 2.06. The predicted molar refractivity (Wildman–Crippen MR) is 78.7 cm³/mol. The molecule has 19 heavy (non-hydrogen) atoms. The Bertz CT molecular complexity index is 437. The smallest absolute Gasteiger partial charge is 0.233 e. The number of hydrogen-bond donors (Lipinski definition) is 1. The van der Waals surface area contributed by atoms with Gasteiger partial charge < -0.3 is 10.6 Å². The van der Waals surface area contributed by atoms with Crippen LogP contribution in [0.5, 0.6) is 0 Å². The molecule has 1 amide bonds. The first-order chi connectivity index (χ1) is 8.54. The van der Waals surface area contributed by atoms with E-state index < -0.39 is 0 Å². The van der Waals surface area contributed by atoms with Crippen LogP contribution in [0.1, 0.15) is 17.8 Å². The Balaban J connectivity index is 0.00000180. The lowest BCUT2D eigenvalue weighted by molar-refractivity contribution is -0.127. The van der Waals surface area contributed by atoms with Crippen LogP contribution in [-0.2, 0) is 4.79 Å². The van der Waals surface area contributed by atoms with Crippen molar-refractivity contribution in [1.29, 1.82) is 0 Å². The highest BCUT2D eigenvalue weighted by molar-refractivity contribution is 7.99. The molecule has 0 aromatic carbocycles. The van der Waals surface area contributed by atoms with E-state index in [0.717, 1.165) is 24.4 Å². The summed E-state index contributed by atoms with van der Waals surface area (Å²) in [5.41, 5.74) is 7.65. The molecule has 0 unspecified atom stereocenters. The normalized spacial score (nSPS) is 18.3. The molecule has 1 aromatic heterocycles. The van der Waals surface area contributed by atoms with Crippen LogP contribution in [-0.4, -0.2) is 45.7 Å². The summed E-state index contributed by atoms with van der Waals surface area (Å²) >= 11 is 1.39. The number of nitrogens with two attached hydrogens (primary N) is 1. The van der Waals surface area contributed by atoms with Gasteiger partial charge in [-0.15, -0.1) is 12.4 Å². The fourth-order valence-electron chi connectivity index (χ4n) is 1.99. The van der Waals surface area contributed by atoms with Crippen molar-refractivity contribution in [3.05, 3.63) is 17.5 Å². The molecule has 1 aliphatic rings. The zero-order chi connectivity index (χ0) is 13.1. The van der Waals surface area contributed by atoms with Gasteiger partial charge in [0, 0.05) is 30.5 Å². The second kappa shape index (κ2) is 7.07. The number of carbonyl (C=O) groups is 1. The number of carbonyl (C=O) groups excluding carboxylic acids is 1. The van der Waals surface area contributed by atoms with Gasteiger partial charge in [-0.3, -0.25) is 4.79 Å². The van der Waals surface area contributed by atoms with E-state index in [2.05, 4.69) is 9.97 Å². The van der Waals surface area contributed by atoms with Crippen LogP contribution in [0, 0.1) is 13.8 Å². The number of amides is 1. The number of aryl methyl sites for hydroxylation is 2. The molecule has 2 rings (SSSR count). The summed E-state index contributed by atoms with van der Waals surface area (Å²) in [4.78, 5) is 22.4. The summed E-state index contributed by atoms with van der Waals surface area (Å²) in [7, 11) is 0. The zero-order valence-electron chi connectivity index (χ0n) is 11.1. The van der Waals surface area contributed by atoms with E-state index >= 15 is 0 Å². The first-order valence-corrected chi connectivity index (χ1v) is 7.01. The number of halogens is 1. The van der Waals surface area contributed by atoms with Crippen molar-refractivity contribution < 1.29 is 4.79 Å². The minimum Gasteiger partial charge on any atom is -0.340 e. The molecule has 106 valence electrons.